The van der Waals surface area contributed by atoms with Crippen LogP contribution < -0.4 is 10.2 Å². The SMILES string of the molecule is Fc1cnc(NC2CN(c3ccccn3)C2)nc1. The summed E-state index contributed by atoms with van der Waals surface area (Å²) in [6.45, 7) is 1.69. The Morgan fingerprint density at radius 3 is 2.61 bits per heavy atom. The first-order chi connectivity index (χ1) is 8.81. The van der Waals surface area contributed by atoms with Crippen molar-refractivity contribution in [1.29, 1.82) is 0 Å². The van der Waals surface area contributed by atoms with Crippen LogP contribution in [0, 0.1) is 5.82 Å². The third-order valence-electron chi connectivity index (χ3n) is 2.81. The van der Waals surface area contributed by atoms with Gasteiger partial charge in [0, 0.05) is 19.3 Å². The predicted molar refractivity (Wildman–Crippen MR) is 65.9 cm³/mol. The number of anilines is 2. The molecule has 0 atom stereocenters. The van der Waals surface area contributed by atoms with Crippen LogP contribution in [0.5, 0.6) is 0 Å². The molecule has 18 heavy (non-hydrogen) atoms. The molecule has 2 aromatic heterocycles. The molecule has 0 aromatic carbocycles. The van der Waals surface area contributed by atoms with Crippen LogP contribution in [-0.4, -0.2) is 34.1 Å². The highest BCUT2D eigenvalue weighted by atomic mass is 19.1. The lowest BCUT2D eigenvalue weighted by Crippen LogP contribution is -2.55. The Labute approximate surface area is 104 Å². The lowest BCUT2D eigenvalue weighted by molar-refractivity contribution is 0.540. The van der Waals surface area contributed by atoms with Crippen LogP contribution >= 0.6 is 0 Å². The van der Waals surface area contributed by atoms with Crippen molar-refractivity contribution in [1.82, 2.24) is 15.0 Å². The fraction of sp³-hybridized carbons (Fsp3) is 0.250. The third kappa shape index (κ3) is 2.22. The van der Waals surface area contributed by atoms with Gasteiger partial charge >= 0.3 is 0 Å². The van der Waals surface area contributed by atoms with Gasteiger partial charge in [0.25, 0.3) is 0 Å². The van der Waals surface area contributed by atoms with E-state index in [0.717, 1.165) is 31.3 Å². The van der Waals surface area contributed by atoms with Crippen molar-refractivity contribution in [3.05, 3.63) is 42.6 Å². The van der Waals surface area contributed by atoms with Gasteiger partial charge in [0.15, 0.2) is 5.82 Å². The molecular weight excluding hydrogens is 233 g/mol. The highest BCUT2D eigenvalue weighted by Crippen LogP contribution is 2.19. The number of rotatable bonds is 3. The van der Waals surface area contributed by atoms with Crippen LogP contribution in [-0.2, 0) is 0 Å². The smallest absolute Gasteiger partial charge is 0.223 e. The molecule has 1 aliphatic rings. The Kier molecular flexibility index (Phi) is 2.76. The maximum atomic E-state index is 12.6. The first-order valence-electron chi connectivity index (χ1n) is 5.71. The minimum atomic E-state index is -0.427. The van der Waals surface area contributed by atoms with Gasteiger partial charge in [0.2, 0.25) is 5.95 Å². The Balaban J connectivity index is 1.55. The number of hydrogen-bond acceptors (Lipinski definition) is 5. The Morgan fingerprint density at radius 1 is 1.17 bits per heavy atom. The number of pyridine rings is 1. The van der Waals surface area contributed by atoms with Gasteiger partial charge in [-0.25, -0.2) is 19.3 Å². The molecule has 0 bridgehead atoms. The number of nitrogens with zero attached hydrogens (tertiary/aromatic N) is 4. The zero-order chi connectivity index (χ0) is 12.4. The number of nitrogens with one attached hydrogen (secondary N) is 1. The highest BCUT2D eigenvalue weighted by molar-refractivity contribution is 5.44. The van der Waals surface area contributed by atoms with Crippen molar-refractivity contribution in [2.24, 2.45) is 0 Å². The van der Waals surface area contributed by atoms with Crippen LogP contribution in [0.25, 0.3) is 0 Å². The summed E-state index contributed by atoms with van der Waals surface area (Å²) < 4.78 is 12.6. The molecule has 3 heterocycles. The van der Waals surface area contributed by atoms with E-state index in [9.17, 15) is 4.39 Å². The van der Waals surface area contributed by atoms with E-state index in [1.54, 1.807) is 6.20 Å². The van der Waals surface area contributed by atoms with Crippen molar-refractivity contribution in [3.8, 4) is 0 Å². The largest absolute Gasteiger partial charge is 0.352 e. The average Bonchev–Trinajstić information content (AvgIpc) is 2.36. The molecule has 92 valence electrons. The van der Waals surface area contributed by atoms with E-state index >= 15 is 0 Å². The summed E-state index contributed by atoms with van der Waals surface area (Å²) in [7, 11) is 0. The van der Waals surface area contributed by atoms with E-state index in [2.05, 4.69) is 25.2 Å². The monoisotopic (exact) mass is 245 g/mol. The number of aromatic nitrogens is 3. The summed E-state index contributed by atoms with van der Waals surface area (Å²) in [5.41, 5.74) is 0. The van der Waals surface area contributed by atoms with Crippen molar-refractivity contribution in [3.63, 3.8) is 0 Å². The molecule has 0 saturated carbocycles. The van der Waals surface area contributed by atoms with Gasteiger partial charge in [0.1, 0.15) is 5.82 Å². The quantitative estimate of drug-likeness (QED) is 0.883. The molecule has 0 amide bonds. The van der Waals surface area contributed by atoms with Crippen LogP contribution in [0.4, 0.5) is 16.2 Å². The van der Waals surface area contributed by atoms with Crippen molar-refractivity contribution in [2.45, 2.75) is 6.04 Å². The normalized spacial score (nSPS) is 15.3. The topological polar surface area (TPSA) is 53.9 Å². The van der Waals surface area contributed by atoms with Gasteiger partial charge in [-0.1, -0.05) is 6.07 Å². The van der Waals surface area contributed by atoms with Crippen molar-refractivity contribution < 1.29 is 4.39 Å². The molecular formula is C12H12FN5. The number of hydrogen-bond donors (Lipinski definition) is 1. The molecule has 0 radical (unpaired) electrons. The third-order valence-corrected chi connectivity index (χ3v) is 2.81. The van der Waals surface area contributed by atoms with Gasteiger partial charge in [0.05, 0.1) is 18.4 Å². The lowest BCUT2D eigenvalue weighted by atomic mass is 10.1. The molecule has 1 saturated heterocycles. The second kappa shape index (κ2) is 4.56. The van der Waals surface area contributed by atoms with E-state index in [1.807, 2.05) is 18.2 Å². The van der Waals surface area contributed by atoms with Crippen LogP contribution in [0.2, 0.25) is 0 Å². The van der Waals surface area contributed by atoms with Gasteiger partial charge in [-0.05, 0) is 12.1 Å². The van der Waals surface area contributed by atoms with Crippen molar-refractivity contribution in [2.75, 3.05) is 23.3 Å². The molecule has 1 N–H and O–H groups in total. The van der Waals surface area contributed by atoms with Crippen LogP contribution in [0.15, 0.2) is 36.8 Å². The minimum Gasteiger partial charge on any atom is -0.352 e. The fourth-order valence-corrected chi connectivity index (χ4v) is 1.87. The summed E-state index contributed by atoms with van der Waals surface area (Å²) in [6.07, 6.45) is 4.09. The molecule has 0 spiro atoms. The van der Waals surface area contributed by atoms with E-state index in [4.69, 9.17) is 0 Å². The van der Waals surface area contributed by atoms with Crippen LogP contribution in [0.3, 0.4) is 0 Å². The first kappa shape index (κ1) is 10.9. The summed E-state index contributed by atoms with van der Waals surface area (Å²) >= 11 is 0. The summed E-state index contributed by atoms with van der Waals surface area (Å²) in [6, 6.07) is 6.11. The molecule has 0 unspecified atom stereocenters. The van der Waals surface area contributed by atoms with Gasteiger partial charge in [-0.2, -0.15) is 0 Å². The Morgan fingerprint density at radius 2 is 1.94 bits per heavy atom. The molecule has 0 aliphatic carbocycles. The van der Waals surface area contributed by atoms with E-state index < -0.39 is 5.82 Å². The van der Waals surface area contributed by atoms with Gasteiger partial charge in [-0.15, -0.1) is 0 Å². The maximum Gasteiger partial charge on any atom is 0.223 e. The lowest BCUT2D eigenvalue weighted by Gasteiger charge is -2.40. The predicted octanol–water partition coefficient (Wildman–Crippen LogP) is 1.31. The van der Waals surface area contributed by atoms with E-state index in [0.29, 0.717) is 5.95 Å². The minimum absolute atomic E-state index is 0.275. The second-order valence-corrected chi connectivity index (χ2v) is 4.16. The fourth-order valence-electron chi connectivity index (χ4n) is 1.87. The Hall–Kier alpha value is -2.24. The molecule has 3 rings (SSSR count). The molecule has 2 aromatic rings. The average molecular weight is 245 g/mol. The highest BCUT2D eigenvalue weighted by Gasteiger charge is 2.27. The first-order valence-corrected chi connectivity index (χ1v) is 5.71. The summed E-state index contributed by atoms with van der Waals surface area (Å²) in [5, 5.41) is 3.15. The standard InChI is InChI=1S/C12H12FN5/c13-9-5-15-12(16-6-9)17-10-7-18(8-10)11-3-1-2-4-14-11/h1-6,10H,7-8H2,(H,15,16,17). The maximum absolute atomic E-state index is 12.6. The molecule has 6 heteroatoms. The molecule has 5 nitrogen and oxygen atoms in total. The van der Waals surface area contributed by atoms with Crippen molar-refractivity contribution >= 4 is 11.8 Å². The summed E-state index contributed by atoms with van der Waals surface area (Å²) in [4.78, 5) is 14.2. The summed E-state index contributed by atoms with van der Waals surface area (Å²) in [5.74, 6) is 1.00. The molecule has 1 fully saturated rings. The molecule has 1 aliphatic heterocycles. The van der Waals surface area contributed by atoms with E-state index in [-0.39, 0.29) is 6.04 Å². The van der Waals surface area contributed by atoms with E-state index in [1.165, 1.54) is 0 Å². The zero-order valence-electron chi connectivity index (χ0n) is 9.62. The zero-order valence-corrected chi connectivity index (χ0v) is 9.62. The van der Waals surface area contributed by atoms with Gasteiger partial charge < -0.3 is 10.2 Å². The van der Waals surface area contributed by atoms with Gasteiger partial charge in [-0.3, -0.25) is 0 Å². The Bertz CT molecular complexity index is 510. The number of halogens is 1. The van der Waals surface area contributed by atoms with Crippen LogP contribution in [0.1, 0.15) is 0 Å². The second-order valence-electron chi connectivity index (χ2n) is 4.16.